The van der Waals surface area contributed by atoms with Gasteiger partial charge in [0.05, 0.1) is 6.61 Å². The van der Waals surface area contributed by atoms with E-state index in [0.717, 1.165) is 11.3 Å². The number of esters is 1. The highest BCUT2D eigenvalue weighted by Crippen LogP contribution is 2.09. The number of hydrogen-bond acceptors (Lipinski definition) is 3. The number of rotatable bonds is 6. The summed E-state index contributed by atoms with van der Waals surface area (Å²) in [5.74, 6) is -0.405. The molecule has 0 saturated carbocycles. The Hall–Kier alpha value is -2.10. The third-order valence-corrected chi connectivity index (χ3v) is 2.27. The first-order chi connectivity index (χ1) is 8.71. The molecule has 1 aromatic heterocycles. The predicted octanol–water partition coefficient (Wildman–Crippen LogP) is 2.82. The summed E-state index contributed by atoms with van der Waals surface area (Å²) >= 11 is 0. The van der Waals surface area contributed by atoms with E-state index in [1.54, 1.807) is 19.1 Å². The highest BCUT2D eigenvalue weighted by Gasteiger charge is 2.11. The number of nitrogens with one attached hydrogen (secondary N) is 1. The van der Waals surface area contributed by atoms with Gasteiger partial charge in [0, 0.05) is 12.1 Å². The maximum atomic E-state index is 11.4. The van der Waals surface area contributed by atoms with Gasteiger partial charge in [-0.25, -0.2) is 4.79 Å². The molecule has 0 saturated heterocycles. The van der Waals surface area contributed by atoms with Crippen LogP contribution in [-0.4, -0.2) is 22.8 Å². The van der Waals surface area contributed by atoms with Crippen LogP contribution in [-0.2, 0) is 11.2 Å². The van der Waals surface area contributed by atoms with E-state index in [2.05, 4.69) is 16.8 Å². The van der Waals surface area contributed by atoms with Gasteiger partial charge in [-0.15, -0.1) is 0 Å². The van der Waals surface area contributed by atoms with Crippen molar-refractivity contribution in [3.63, 3.8) is 0 Å². The summed E-state index contributed by atoms with van der Waals surface area (Å²) in [6.07, 6.45) is 8.29. The third-order valence-electron chi connectivity index (χ3n) is 2.27. The van der Waals surface area contributed by atoms with Crippen molar-refractivity contribution in [2.45, 2.75) is 20.3 Å². The molecule has 0 bridgehead atoms. The second-order valence-corrected chi connectivity index (χ2v) is 3.65. The average Bonchev–Trinajstić information content (AvgIpc) is 2.83. The minimum atomic E-state index is -0.405. The lowest BCUT2D eigenvalue weighted by molar-refractivity contribution is 0.0519. The van der Waals surface area contributed by atoms with Crippen molar-refractivity contribution >= 4 is 5.97 Å². The number of allylic oxidation sites excluding steroid dienone is 5. The van der Waals surface area contributed by atoms with E-state index in [1.165, 1.54) is 0 Å². The van der Waals surface area contributed by atoms with Gasteiger partial charge in [0.25, 0.3) is 0 Å². The van der Waals surface area contributed by atoms with Crippen LogP contribution in [0.4, 0.5) is 0 Å². The zero-order valence-electron chi connectivity index (χ0n) is 10.8. The van der Waals surface area contributed by atoms with E-state index in [0.29, 0.717) is 18.7 Å². The second kappa shape index (κ2) is 7.27. The average molecular weight is 246 g/mol. The molecule has 0 amide bonds. The predicted molar refractivity (Wildman–Crippen MR) is 71.3 cm³/mol. The van der Waals surface area contributed by atoms with Gasteiger partial charge >= 0.3 is 5.97 Å². The third kappa shape index (κ3) is 4.05. The highest BCUT2D eigenvalue weighted by molar-refractivity contribution is 5.87. The highest BCUT2D eigenvalue weighted by atomic mass is 16.5. The van der Waals surface area contributed by atoms with E-state index in [1.807, 2.05) is 25.2 Å². The summed E-state index contributed by atoms with van der Waals surface area (Å²) in [5, 5.41) is 6.75. The van der Waals surface area contributed by atoms with Crippen molar-refractivity contribution in [1.82, 2.24) is 10.2 Å². The fourth-order valence-corrected chi connectivity index (χ4v) is 1.40. The van der Waals surface area contributed by atoms with Crippen molar-refractivity contribution < 1.29 is 9.53 Å². The number of ether oxygens (including phenoxy) is 1. The van der Waals surface area contributed by atoms with E-state index in [-0.39, 0.29) is 0 Å². The number of nitrogens with zero attached hydrogens (tertiary/aromatic N) is 1. The van der Waals surface area contributed by atoms with E-state index in [4.69, 9.17) is 4.74 Å². The largest absolute Gasteiger partial charge is 0.461 e. The first-order valence-corrected chi connectivity index (χ1v) is 5.87. The van der Waals surface area contributed by atoms with Crippen molar-refractivity contribution in [3.8, 4) is 0 Å². The smallest absolute Gasteiger partial charge is 0.358 e. The van der Waals surface area contributed by atoms with Crippen molar-refractivity contribution in [2.24, 2.45) is 0 Å². The SMILES string of the molecule is C=C/C(=C\C=C/C)Cc1cc(C(=O)OCC)n[nH]1. The molecule has 0 atom stereocenters. The first kappa shape index (κ1) is 14.0. The van der Waals surface area contributed by atoms with E-state index < -0.39 is 5.97 Å². The molecule has 96 valence electrons. The Morgan fingerprint density at radius 2 is 2.39 bits per heavy atom. The summed E-state index contributed by atoms with van der Waals surface area (Å²) in [6, 6.07) is 1.70. The maximum Gasteiger partial charge on any atom is 0.358 e. The van der Waals surface area contributed by atoms with Gasteiger partial charge in [-0.3, -0.25) is 5.10 Å². The summed E-state index contributed by atoms with van der Waals surface area (Å²) in [7, 11) is 0. The van der Waals surface area contributed by atoms with Gasteiger partial charge in [0.1, 0.15) is 0 Å². The summed E-state index contributed by atoms with van der Waals surface area (Å²) in [4.78, 5) is 11.4. The minimum Gasteiger partial charge on any atom is -0.461 e. The molecule has 1 heterocycles. The van der Waals surface area contributed by atoms with Gasteiger partial charge < -0.3 is 4.74 Å². The van der Waals surface area contributed by atoms with Gasteiger partial charge in [-0.05, 0) is 25.5 Å². The summed E-state index contributed by atoms with van der Waals surface area (Å²) in [5.41, 5.74) is 2.21. The van der Waals surface area contributed by atoms with Crippen LogP contribution in [0.25, 0.3) is 0 Å². The van der Waals surface area contributed by atoms with Crippen LogP contribution in [0.2, 0.25) is 0 Å². The summed E-state index contributed by atoms with van der Waals surface area (Å²) in [6.45, 7) is 7.82. The Morgan fingerprint density at radius 3 is 3.00 bits per heavy atom. The molecule has 0 radical (unpaired) electrons. The Morgan fingerprint density at radius 1 is 1.61 bits per heavy atom. The number of hydrogen-bond donors (Lipinski definition) is 1. The fourth-order valence-electron chi connectivity index (χ4n) is 1.40. The molecule has 0 aliphatic rings. The van der Waals surface area contributed by atoms with Crippen LogP contribution in [0, 0.1) is 0 Å². The number of H-pyrrole nitrogens is 1. The molecule has 0 spiro atoms. The Kier molecular flexibility index (Phi) is 5.64. The topological polar surface area (TPSA) is 55.0 Å². The van der Waals surface area contributed by atoms with Crippen LogP contribution in [0.5, 0.6) is 0 Å². The first-order valence-electron chi connectivity index (χ1n) is 5.87. The lowest BCUT2D eigenvalue weighted by atomic mass is 10.1. The fraction of sp³-hybridized carbons (Fsp3) is 0.286. The molecule has 0 unspecified atom stereocenters. The van der Waals surface area contributed by atoms with Crippen LogP contribution < -0.4 is 0 Å². The van der Waals surface area contributed by atoms with Gasteiger partial charge in [-0.1, -0.05) is 30.9 Å². The summed E-state index contributed by atoms with van der Waals surface area (Å²) < 4.78 is 4.87. The molecular weight excluding hydrogens is 228 g/mol. The Bertz CT molecular complexity index is 470. The number of carbonyl (C=O) groups excluding carboxylic acids is 1. The van der Waals surface area contributed by atoms with Crippen LogP contribution >= 0.6 is 0 Å². The zero-order chi connectivity index (χ0) is 13.4. The zero-order valence-corrected chi connectivity index (χ0v) is 10.8. The van der Waals surface area contributed by atoms with Gasteiger partial charge in [0.2, 0.25) is 0 Å². The Labute approximate surface area is 107 Å². The molecular formula is C14H18N2O2. The standard InChI is InChI=1S/C14H18N2O2/c1-4-7-8-11(5-2)9-12-10-13(16-15-12)14(17)18-6-3/h4-5,7-8,10H,2,6,9H2,1,3H3,(H,15,16)/b7-4-,11-8+. The second-order valence-electron chi connectivity index (χ2n) is 3.65. The number of aromatic nitrogens is 2. The Balaban J connectivity index is 2.74. The van der Waals surface area contributed by atoms with Gasteiger partial charge in [-0.2, -0.15) is 5.10 Å². The van der Waals surface area contributed by atoms with Crippen molar-refractivity contribution in [3.05, 3.63) is 53.9 Å². The van der Waals surface area contributed by atoms with Gasteiger partial charge in [0.15, 0.2) is 5.69 Å². The van der Waals surface area contributed by atoms with Crippen molar-refractivity contribution in [1.29, 1.82) is 0 Å². The molecule has 4 nitrogen and oxygen atoms in total. The molecule has 0 aromatic carbocycles. The van der Waals surface area contributed by atoms with E-state index in [9.17, 15) is 4.79 Å². The van der Waals surface area contributed by atoms with E-state index >= 15 is 0 Å². The number of aromatic amines is 1. The molecule has 1 aromatic rings. The quantitative estimate of drug-likeness (QED) is 0.620. The monoisotopic (exact) mass is 246 g/mol. The molecule has 0 aliphatic carbocycles. The molecule has 0 fully saturated rings. The number of carbonyl (C=O) groups is 1. The maximum absolute atomic E-state index is 11.4. The van der Waals surface area contributed by atoms with Crippen LogP contribution in [0.3, 0.4) is 0 Å². The molecule has 4 heteroatoms. The van der Waals surface area contributed by atoms with Crippen LogP contribution in [0.1, 0.15) is 30.0 Å². The normalized spacial score (nSPS) is 11.8. The van der Waals surface area contributed by atoms with Crippen molar-refractivity contribution in [2.75, 3.05) is 6.61 Å². The minimum absolute atomic E-state index is 0.307. The lowest BCUT2D eigenvalue weighted by Gasteiger charge is -1.97. The molecule has 18 heavy (non-hydrogen) atoms. The lowest BCUT2D eigenvalue weighted by Crippen LogP contribution is -2.04. The molecule has 0 aliphatic heterocycles. The van der Waals surface area contributed by atoms with Crippen LogP contribution in [0.15, 0.2) is 42.5 Å². The molecule has 1 rings (SSSR count). The molecule has 1 N–H and O–H groups in total.